The summed E-state index contributed by atoms with van der Waals surface area (Å²) < 4.78 is 1.09. The molecule has 1 aliphatic heterocycles. The topological polar surface area (TPSA) is 56.7 Å². The molecule has 1 unspecified atom stereocenters. The van der Waals surface area contributed by atoms with Crippen molar-refractivity contribution in [2.75, 3.05) is 31.6 Å². The highest BCUT2D eigenvalue weighted by molar-refractivity contribution is 7.22. The van der Waals surface area contributed by atoms with Gasteiger partial charge >= 0.3 is 0 Å². The van der Waals surface area contributed by atoms with E-state index in [1.165, 1.54) is 11.3 Å². The second-order valence-electron chi connectivity index (χ2n) is 5.72. The summed E-state index contributed by atoms with van der Waals surface area (Å²) in [4.78, 5) is 20.8. The number of piperidine rings is 1. The second kappa shape index (κ2) is 6.73. The molecule has 0 saturated carbocycles. The quantitative estimate of drug-likeness (QED) is 0.938. The van der Waals surface area contributed by atoms with Gasteiger partial charge in [-0.1, -0.05) is 29.9 Å². The molecule has 1 saturated heterocycles. The van der Waals surface area contributed by atoms with Crippen molar-refractivity contribution in [3.63, 3.8) is 0 Å². The fourth-order valence-corrected chi connectivity index (χ4v) is 3.81. The summed E-state index contributed by atoms with van der Waals surface area (Å²) in [6.45, 7) is 1.35. The molecule has 1 N–H and O–H groups in total. The fourth-order valence-electron chi connectivity index (χ4n) is 2.86. The number of aromatic nitrogens is 1. The van der Waals surface area contributed by atoms with Gasteiger partial charge in [-0.25, -0.2) is 4.98 Å². The number of carbonyl (C=O) groups is 1. The van der Waals surface area contributed by atoms with Crippen LogP contribution in [0.3, 0.4) is 0 Å². The number of aliphatic hydroxyl groups excluding tert-OH is 1. The zero-order valence-corrected chi connectivity index (χ0v) is 13.6. The molecule has 5 nitrogen and oxygen atoms in total. The summed E-state index contributed by atoms with van der Waals surface area (Å²) >= 11 is 1.53. The third-order valence-corrected chi connectivity index (χ3v) is 5.35. The van der Waals surface area contributed by atoms with E-state index in [-0.39, 0.29) is 18.6 Å². The third-order valence-electron chi connectivity index (χ3n) is 4.24. The molecule has 1 aliphatic rings. The largest absolute Gasteiger partial charge is 0.395 e. The van der Waals surface area contributed by atoms with E-state index in [4.69, 9.17) is 0 Å². The fraction of sp³-hybridized carbons (Fsp3) is 0.500. The number of nitrogens with zero attached hydrogens (tertiary/aromatic N) is 3. The molecule has 1 amide bonds. The van der Waals surface area contributed by atoms with Crippen molar-refractivity contribution < 1.29 is 9.90 Å². The summed E-state index contributed by atoms with van der Waals surface area (Å²) in [7, 11) is 1.78. The van der Waals surface area contributed by atoms with Gasteiger partial charge in [-0.05, 0) is 31.5 Å². The monoisotopic (exact) mass is 319 g/mol. The first-order chi connectivity index (χ1) is 10.7. The predicted octanol–water partition coefficient (Wildman–Crippen LogP) is 2.11. The average molecular weight is 319 g/mol. The molecule has 0 aliphatic carbocycles. The second-order valence-corrected chi connectivity index (χ2v) is 6.73. The molecule has 0 radical (unpaired) electrons. The molecule has 22 heavy (non-hydrogen) atoms. The minimum absolute atomic E-state index is 0.0272. The van der Waals surface area contributed by atoms with Crippen molar-refractivity contribution in [1.29, 1.82) is 0 Å². The van der Waals surface area contributed by atoms with E-state index >= 15 is 0 Å². The normalized spacial score (nSPS) is 19.5. The van der Waals surface area contributed by atoms with E-state index in [0.29, 0.717) is 6.54 Å². The number of likely N-dealkylation sites (tertiary alicyclic amines) is 1. The van der Waals surface area contributed by atoms with E-state index in [0.717, 1.165) is 41.2 Å². The number of amides is 1. The average Bonchev–Trinajstić information content (AvgIpc) is 2.98. The van der Waals surface area contributed by atoms with Gasteiger partial charge in [0.1, 0.15) is 0 Å². The number of thiazole rings is 1. The van der Waals surface area contributed by atoms with Crippen LogP contribution in [0.2, 0.25) is 0 Å². The Kier molecular flexibility index (Phi) is 4.71. The van der Waals surface area contributed by atoms with E-state index < -0.39 is 0 Å². The molecule has 2 heterocycles. The molecular formula is C16H21N3O2S. The summed E-state index contributed by atoms with van der Waals surface area (Å²) in [5.41, 5.74) is 0.924. The zero-order valence-electron chi connectivity index (χ0n) is 12.7. The van der Waals surface area contributed by atoms with Crippen LogP contribution in [0.5, 0.6) is 0 Å². The van der Waals surface area contributed by atoms with Crippen LogP contribution < -0.4 is 4.90 Å². The summed E-state index contributed by atoms with van der Waals surface area (Å²) in [6, 6.07) is 8.02. The summed E-state index contributed by atoms with van der Waals surface area (Å²) in [5.74, 6) is 0.0272. The number of anilines is 1. The molecule has 0 bridgehead atoms. The highest BCUT2D eigenvalue weighted by atomic mass is 32.1. The van der Waals surface area contributed by atoms with Crippen molar-refractivity contribution in [3.8, 4) is 0 Å². The zero-order chi connectivity index (χ0) is 15.5. The predicted molar refractivity (Wildman–Crippen MR) is 89.3 cm³/mol. The molecule has 1 aromatic carbocycles. The SMILES string of the molecule is CN(C(=O)CN1CCCCC1CO)c1nc2ccccc2s1. The maximum Gasteiger partial charge on any atom is 0.242 e. The lowest BCUT2D eigenvalue weighted by Crippen LogP contribution is -2.47. The van der Waals surface area contributed by atoms with Crippen LogP contribution in [-0.2, 0) is 4.79 Å². The lowest BCUT2D eigenvalue weighted by molar-refractivity contribution is -0.120. The Hall–Kier alpha value is -1.50. The molecule has 6 heteroatoms. The molecule has 3 rings (SSSR count). The lowest BCUT2D eigenvalue weighted by atomic mass is 10.0. The summed E-state index contributed by atoms with van der Waals surface area (Å²) in [6.07, 6.45) is 3.19. The van der Waals surface area contributed by atoms with Crippen LogP contribution in [0.4, 0.5) is 5.13 Å². The Morgan fingerprint density at radius 1 is 1.45 bits per heavy atom. The van der Waals surface area contributed by atoms with Crippen molar-refractivity contribution >= 4 is 32.6 Å². The minimum Gasteiger partial charge on any atom is -0.395 e. The van der Waals surface area contributed by atoms with Gasteiger partial charge in [-0.15, -0.1) is 0 Å². The maximum atomic E-state index is 12.5. The molecular weight excluding hydrogens is 298 g/mol. The Morgan fingerprint density at radius 3 is 3.05 bits per heavy atom. The molecule has 1 fully saturated rings. The number of aliphatic hydroxyl groups is 1. The van der Waals surface area contributed by atoms with Crippen LogP contribution in [-0.4, -0.2) is 53.7 Å². The Balaban J connectivity index is 1.70. The van der Waals surface area contributed by atoms with Crippen LogP contribution in [0.1, 0.15) is 19.3 Å². The van der Waals surface area contributed by atoms with Gasteiger partial charge in [0, 0.05) is 13.1 Å². The number of benzene rings is 1. The van der Waals surface area contributed by atoms with E-state index in [9.17, 15) is 9.90 Å². The standard InChI is InChI=1S/C16H21N3O2S/c1-18(16-17-13-7-2-3-8-14(13)22-16)15(21)10-19-9-5-4-6-12(19)11-20/h2-3,7-8,12,20H,4-6,9-11H2,1H3. The van der Waals surface area contributed by atoms with Crippen molar-refractivity contribution in [2.24, 2.45) is 0 Å². The van der Waals surface area contributed by atoms with Crippen LogP contribution in [0.15, 0.2) is 24.3 Å². The molecule has 2 aromatic rings. The first-order valence-corrected chi connectivity index (χ1v) is 8.47. The molecule has 118 valence electrons. The number of hydrogen-bond acceptors (Lipinski definition) is 5. The van der Waals surface area contributed by atoms with E-state index in [1.807, 2.05) is 24.3 Å². The maximum absolute atomic E-state index is 12.5. The van der Waals surface area contributed by atoms with Gasteiger partial charge in [0.2, 0.25) is 5.91 Å². The highest BCUT2D eigenvalue weighted by Crippen LogP contribution is 2.28. The van der Waals surface area contributed by atoms with Crippen LogP contribution in [0, 0.1) is 0 Å². The molecule has 1 atom stereocenters. The first kappa shape index (κ1) is 15.4. The minimum atomic E-state index is 0.0272. The summed E-state index contributed by atoms with van der Waals surface area (Å²) in [5, 5.41) is 10.2. The Bertz CT molecular complexity index is 625. The number of rotatable bonds is 4. The Labute approximate surface area is 134 Å². The molecule has 1 aromatic heterocycles. The van der Waals surface area contributed by atoms with Crippen LogP contribution in [0.25, 0.3) is 10.2 Å². The smallest absolute Gasteiger partial charge is 0.242 e. The van der Waals surface area contributed by atoms with Crippen molar-refractivity contribution in [2.45, 2.75) is 25.3 Å². The van der Waals surface area contributed by atoms with Gasteiger partial charge < -0.3 is 5.11 Å². The third kappa shape index (κ3) is 3.14. The number of carbonyl (C=O) groups excluding carboxylic acids is 1. The number of fused-ring (bicyclic) bond motifs is 1. The van der Waals surface area contributed by atoms with Crippen LogP contribution >= 0.6 is 11.3 Å². The van der Waals surface area contributed by atoms with Gasteiger partial charge in [-0.3, -0.25) is 14.6 Å². The van der Waals surface area contributed by atoms with Gasteiger partial charge in [0.15, 0.2) is 5.13 Å². The van der Waals surface area contributed by atoms with E-state index in [1.54, 1.807) is 11.9 Å². The Morgan fingerprint density at radius 2 is 2.27 bits per heavy atom. The van der Waals surface area contributed by atoms with Gasteiger partial charge in [0.05, 0.1) is 23.4 Å². The number of para-hydroxylation sites is 1. The first-order valence-electron chi connectivity index (χ1n) is 7.66. The lowest BCUT2D eigenvalue weighted by Gasteiger charge is -2.34. The highest BCUT2D eigenvalue weighted by Gasteiger charge is 2.25. The molecule has 0 spiro atoms. The van der Waals surface area contributed by atoms with Gasteiger partial charge in [0.25, 0.3) is 0 Å². The van der Waals surface area contributed by atoms with Crippen molar-refractivity contribution in [1.82, 2.24) is 9.88 Å². The number of likely N-dealkylation sites (N-methyl/N-ethyl adjacent to an activating group) is 1. The van der Waals surface area contributed by atoms with Crippen molar-refractivity contribution in [3.05, 3.63) is 24.3 Å². The van der Waals surface area contributed by atoms with Gasteiger partial charge in [-0.2, -0.15) is 0 Å². The number of hydrogen-bond donors (Lipinski definition) is 1. The van der Waals surface area contributed by atoms with E-state index in [2.05, 4.69) is 9.88 Å².